The number of carbonyl (C=O) groups is 3. The molecule has 4 aromatic rings. The molecule has 6 nitrogen and oxygen atoms in total. The minimum Gasteiger partial charge on any atom is -0.379 e. The summed E-state index contributed by atoms with van der Waals surface area (Å²) in [6.45, 7) is 8.44. The van der Waals surface area contributed by atoms with Gasteiger partial charge in [-0.1, -0.05) is 89.2 Å². The highest BCUT2D eigenvalue weighted by atomic mass is 32.1. The Balaban J connectivity index is 1.47. The van der Waals surface area contributed by atoms with Crippen LogP contribution in [0.25, 0.3) is 10.9 Å². The van der Waals surface area contributed by atoms with Gasteiger partial charge in [-0.05, 0) is 65.8 Å². The Morgan fingerprint density at radius 3 is 2.35 bits per heavy atom. The van der Waals surface area contributed by atoms with Gasteiger partial charge in [0.1, 0.15) is 17.1 Å². The van der Waals surface area contributed by atoms with Crippen molar-refractivity contribution >= 4 is 56.9 Å². The number of carbonyl (C=O) groups excluding carboxylic acids is 3. The molecule has 5 atom stereocenters. The Bertz CT molecular complexity index is 1960. The van der Waals surface area contributed by atoms with E-state index in [1.807, 2.05) is 39.1 Å². The molecule has 12 heteroatoms. The van der Waals surface area contributed by atoms with Crippen molar-refractivity contribution in [3.63, 3.8) is 0 Å². The van der Waals surface area contributed by atoms with Crippen LogP contribution in [0.1, 0.15) is 87.1 Å². The van der Waals surface area contributed by atoms with E-state index >= 15 is 0 Å². The van der Waals surface area contributed by atoms with E-state index in [1.54, 1.807) is 35.6 Å². The number of Topliss-reactive ketones (excluding diaryl/α,β-unsaturated/α-hetero) is 2. The monoisotopic (exact) mass is 783 g/mol. The van der Waals surface area contributed by atoms with E-state index in [9.17, 15) is 31.9 Å². The number of fused-ring (bicyclic) bond motifs is 3. The number of benzene rings is 2. The minimum atomic E-state index is -4.59. The number of hydrogen-bond acceptors (Lipinski definition) is 5. The number of H-pyrrole nitrogens is 1. The molecule has 5 rings (SSSR count). The maximum absolute atomic E-state index is 14.9. The zero-order valence-corrected chi connectivity index (χ0v) is 32.8. The molecule has 0 aliphatic heterocycles. The van der Waals surface area contributed by atoms with Crippen LogP contribution in [0.2, 0.25) is 0 Å². The molecule has 1 aliphatic carbocycles. The van der Waals surface area contributed by atoms with Crippen LogP contribution in [0.3, 0.4) is 0 Å². The Morgan fingerprint density at radius 2 is 1.69 bits per heavy atom. The molecule has 54 heavy (non-hydrogen) atoms. The molecule has 1 aliphatic rings. The molecular formula is C42H49F4N3O3S2. The fourth-order valence-corrected chi connectivity index (χ4v) is 8.71. The van der Waals surface area contributed by atoms with Gasteiger partial charge in [0.15, 0.2) is 5.78 Å². The molecule has 2 heterocycles. The zero-order valence-electron chi connectivity index (χ0n) is 31.2. The first-order valence-electron chi connectivity index (χ1n) is 18.8. The zero-order chi connectivity index (χ0) is 39.2. The van der Waals surface area contributed by atoms with Gasteiger partial charge in [0.2, 0.25) is 5.91 Å². The number of halogens is 4. The quantitative estimate of drug-likeness (QED) is 0.0734. The third-order valence-corrected chi connectivity index (χ3v) is 12.7. The fourth-order valence-electron chi connectivity index (χ4n) is 7.59. The highest BCUT2D eigenvalue weighted by Gasteiger charge is 2.46. The number of aromatic amines is 1. The summed E-state index contributed by atoms with van der Waals surface area (Å²) >= 11 is 7.55. The molecule has 0 saturated heterocycles. The molecule has 2 aromatic carbocycles. The van der Waals surface area contributed by atoms with Gasteiger partial charge in [-0.25, -0.2) is 4.39 Å². The third-order valence-electron chi connectivity index (χ3n) is 11.3. The molecule has 2 aromatic heterocycles. The van der Waals surface area contributed by atoms with E-state index in [4.69, 9.17) is 12.2 Å². The molecule has 0 radical (unpaired) electrons. The lowest BCUT2D eigenvalue weighted by molar-refractivity contribution is -0.137. The van der Waals surface area contributed by atoms with Gasteiger partial charge in [-0.3, -0.25) is 14.4 Å². The third kappa shape index (κ3) is 9.48. The van der Waals surface area contributed by atoms with E-state index in [0.717, 1.165) is 18.9 Å². The molecular weight excluding hydrogens is 735 g/mol. The second kappa shape index (κ2) is 17.7. The van der Waals surface area contributed by atoms with Crippen LogP contribution in [0.5, 0.6) is 0 Å². The number of hydrogen-bond donors (Lipinski definition) is 3. The average molecular weight is 784 g/mol. The van der Waals surface area contributed by atoms with E-state index in [2.05, 4.69) is 21.7 Å². The van der Waals surface area contributed by atoms with Crippen molar-refractivity contribution in [3.8, 4) is 0 Å². The SMILES string of the molecule is CCC(C)[C@H](CC(=O)Cc1ccccc1F)C(=O)N[C@]1(C(=O)C[C@H](C(=S)NCCc2cccs2)C(C)CC)CCc2[nH]c3c(C(F)(F)F)cccc3c2C1. The summed E-state index contributed by atoms with van der Waals surface area (Å²) in [5.74, 6) is -2.93. The van der Waals surface area contributed by atoms with Gasteiger partial charge in [0.25, 0.3) is 0 Å². The van der Waals surface area contributed by atoms with Crippen molar-refractivity contribution in [2.24, 2.45) is 23.7 Å². The summed E-state index contributed by atoms with van der Waals surface area (Å²) in [5.41, 5.74) is -0.909. The predicted octanol–water partition coefficient (Wildman–Crippen LogP) is 9.38. The number of rotatable bonds is 17. The molecule has 2 unspecified atom stereocenters. The van der Waals surface area contributed by atoms with Crippen molar-refractivity contribution in [2.75, 3.05) is 6.54 Å². The lowest BCUT2D eigenvalue weighted by atomic mass is 9.72. The first kappa shape index (κ1) is 41.3. The summed E-state index contributed by atoms with van der Waals surface area (Å²) in [5, 5.41) is 8.85. The number of thiophene rings is 1. The summed E-state index contributed by atoms with van der Waals surface area (Å²) in [7, 11) is 0. The van der Waals surface area contributed by atoms with Crippen molar-refractivity contribution in [2.45, 2.75) is 97.2 Å². The number of alkyl halides is 3. The van der Waals surface area contributed by atoms with Crippen LogP contribution in [-0.2, 0) is 46.2 Å². The van der Waals surface area contributed by atoms with Gasteiger partial charge in [-0.2, -0.15) is 13.2 Å². The van der Waals surface area contributed by atoms with Crippen LogP contribution >= 0.6 is 23.6 Å². The second-order valence-electron chi connectivity index (χ2n) is 14.8. The number of aromatic nitrogens is 1. The summed E-state index contributed by atoms with van der Waals surface area (Å²) in [4.78, 5) is 47.5. The largest absolute Gasteiger partial charge is 0.418 e. The van der Waals surface area contributed by atoms with E-state index in [-0.39, 0.29) is 78.9 Å². The van der Waals surface area contributed by atoms with Gasteiger partial charge < -0.3 is 15.6 Å². The van der Waals surface area contributed by atoms with Crippen molar-refractivity contribution in [3.05, 3.63) is 93.1 Å². The van der Waals surface area contributed by atoms with Crippen LogP contribution < -0.4 is 10.6 Å². The number of thiocarbonyl (C=S) groups is 1. The number of nitrogens with one attached hydrogen (secondary N) is 3. The van der Waals surface area contributed by atoms with Gasteiger partial charge in [-0.15, -0.1) is 11.3 Å². The van der Waals surface area contributed by atoms with E-state index in [0.29, 0.717) is 34.6 Å². The predicted molar refractivity (Wildman–Crippen MR) is 210 cm³/mol. The fraction of sp³-hybridized carbons (Fsp3) is 0.476. The van der Waals surface area contributed by atoms with E-state index < -0.39 is 34.9 Å². The molecule has 3 N–H and O–H groups in total. The lowest BCUT2D eigenvalue weighted by Gasteiger charge is -2.40. The van der Waals surface area contributed by atoms with Crippen LogP contribution in [0, 0.1) is 29.5 Å². The minimum absolute atomic E-state index is 0.0175. The summed E-state index contributed by atoms with van der Waals surface area (Å²) in [6.07, 6.45) is -2.45. The Morgan fingerprint density at radius 1 is 0.963 bits per heavy atom. The number of aryl methyl sites for hydroxylation is 1. The van der Waals surface area contributed by atoms with Crippen molar-refractivity contribution in [1.82, 2.24) is 15.6 Å². The second-order valence-corrected chi connectivity index (χ2v) is 16.3. The van der Waals surface area contributed by atoms with Crippen LogP contribution in [-0.4, -0.2) is 39.5 Å². The van der Waals surface area contributed by atoms with Crippen molar-refractivity contribution in [1.29, 1.82) is 0 Å². The molecule has 290 valence electrons. The molecule has 0 saturated carbocycles. The Kier molecular flexibility index (Phi) is 13.5. The maximum Gasteiger partial charge on any atom is 0.418 e. The Labute approximate surface area is 323 Å². The average Bonchev–Trinajstić information content (AvgIpc) is 3.80. The maximum atomic E-state index is 14.9. The first-order chi connectivity index (χ1) is 25.7. The molecule has 0 fully saturated rings. The standard InChI is InChI=1S/C42H49F4N3O3S2/c1-5-25(3)31(22-28(50)21-27-11-7-8-15-35(27)43)39(52)49-41(18-16-36-33(24-41)30-13-9-14-34(38(30)48-36)42(44,45)46)37(51)23-32(26(4)6-2)40(53)47-19-17-29-12-10-20-54-29/h7-15,20,25-26,31-32,48H,5-6,16-19,21-24H2,1-4H3,(H,47,53)(H,49,52)/t25?,26?,31-,32-,41+/m0/s1. The van der Waals surface area contributed by atoms with Gasteiger partial charge >= 0.3 is 6.18 Å². The van der Waals surface area contributed by atoms with Crippen LogP contribution in [0.4, 0.5) is 17.6 Å². The summed E-state index contributed by atoms with van der Waals surface area (Å²) in [6, 6.07) is 14.1. The van der Waals surface area contributed by atoms with Crippen molar-refractivity contribution < 1.29 is 31.9 Å². The topological polar surface area (TPSA) is 91.1 Å². The Hall–Kier alpha value is -3.90. The molecule has 0 spiro atoms. The highest BCUT2D eigenvalue weighted by molar-refractivity contribution is 7.80. The smallest absolute Gasteiger partial charge is 0.379 e. The van der Waals surface area contributed by atoms with Gasteiger partial charge in [0, 0.05) is 60.0 Å². The number of ketones is 2. The number of amides is 1. The van der Waals surface area contributed by atoms with Gasteiger partial charge in [0.05, 0.1) is 16.1 Å². The normalized spacial score (nSPS) is 18.0. The molecule has 1 amide bonds. The first-order valence-corrected chi connectivity index (χ1v) is 20.1. The lowest BCUT2D eigenvalue weighted by Crippen LogP contribution is -2.60. The summed E-state index contributed by atoms with van der Waals surface area (Å²) < 4.78 is 56.7. The van der Waals surface area contributed by atoms with Crippen LogP contribution in [0.15, 0.2) is 60.0 Å². The van der Waals surface area contributed by atoms with E-state index in [1.165, 1.54) is 17.0 Å². The number of para-hydroxylation sites is 1. The molecule has 0 bridgehead atoms. The highest BCUT2D eigenvalue weighted by Crippen LogP contribution is 2.41.